The number of amides is 1. The molecule has 8 nitrogen and oxygen atoms in total. The molecule has 11 heteroatoms. The molecule has 0 aliphatic carbocycles. The van der Waals surface area contributed by atoms with Crippen LogP contribution in [0.5, 0.6) is 5.75 Å². The van der Waals surface area contributed by atoms with E-state index in [1.165, 1.54) is 30.1 Å². The number of aryl methyl sites for hydroxylation is 2. The zero-order valence-electron chi connectivity index (χ0n) is 18.6. The fourth-order valence-corrected chi connectivity index (χ4v) is 3.40. The largest absolute Gasteiger partial charge is 0.493 e. The molecule has 0 fully saturated rings. The quantitative estimate of drug-likeness (QED) is 0.460. The molecule has 0 atom stereocenters. The molecule has 0 aliphatic rings. The average Bonchev–Trinajstić information content (AvgIpc) is 3.40. The molecule has 4 rings (SSSR count). The second-order valence-corrected chi connectivity index (χ2v) is 7.58. The highest BCUT2D eigenvalue weighted by atomic mass is 19.4. The average molecular weight is 470 g/mol. The number of benzene rings is 1. The number of carbonyl (C=O) groups excluding carboxylic acids is 1. The third-order valence-electron chi connectivity index (χ3n) is 5.04. The number of hydrogen-bond acceptors (Lipinski definition) is 5. The Morgan fingerprint density at radius 1 is 1.12 bits per heavy atom. The maximum absolute atomic E-state index is 13.0. The number of rotatable bonds is 6. The summed E-state index contributed by atoms with van der Waals surface area (Å²) in [5.41, 5.74) is 1.86. The van der Waals surface area contributed by atoms with E-state index in [2.05, 4.69) is 20.5 Å². The first-order chi connectivity index (χ1) is 16.2. The zero-order valence-corrected chi connectivity index (χ0v) is 18.6. The van der Waals surface area contributed by atoms with Gasteiger partial charge in [-0.2, -0.15) is 23.4 Å². The van der Waals surface area contributed by atoms with E-state index >= 15 is 0 Å². The van der Waals surface area contributed by atoms with Crippen molar-refractivity contribution in [1.29, 1.82) is 0 Å². The van der Waals surface area contributed by atoms with Gasteiger partial charge in [0.15, 0.2) is 17.3 Å². The number of alkyl halides is 3. The Morgan fingerprint density at radius 2 is 1.91 bits per heavy atom. The monoisotopic (exact) mass is 470 g/mol. The van der Waals surface area contributed by atoms with Gasteiger partial charge >= 0.3 is 6.18 Å². The maximum Gasteiger partial charge on any atom is 0.416 e. The smallest absolute Gasteiger partial charge is 0.416 e. The van der Waals surface area contributed by atoms with Crippen molar-refractivity contribution >= 4 is 5.91 Å². The number of ether oxygens (including phenoxy) is 1. The van der Waals surface area contributed by atoms with Crippen LogP contribution in [-0.2, 0) is 12.7 Å². The van der Waals surface area contributed by atoms with Gasteiger partial charge < -0.3 is 10.1 Å². The van der Waals surface area contributed by atoms with E-state index < -0.39 is 17.6 Å². The number of nitrogens with one attached hydrogen (secondary N) is 1. The Labute approximate surface area is 193 Å². The molecule has 0 unspecified atom stereocenters. The van der Waals surface area contributed by atoms with Crippen molar-refractivity contribution in [2.24, 2.45) is 0 Å². The molecule has 0 saturated heterocycles. The molecule has 1 amide bonds. The molecule has 0 radical (unpaired) electrons. The van der Waals surface area contributed by atoms with E-state index in [4.69, 9.17) is 4.74 Å². The Morgan fingerprint density at radius 3 is 2.53 bits per heavy atom. The summed E-state index contributed by atoms with van der Waals surface area (Å²) in [6.07, 6.45) is -1.51. The number of nitrogens with zero attached hydrogens (tertiary/aromatic N) is 5. The van der Waals surface area contributed by atoms with Gasteiger partial charge in [0, 0.05) is 18.4 Å². The zero-order chi connectivity index (χ0) is 24.5. The molecular weight excluding hydrogens is 449 g/mol. The molecule has 0 spiro atoms. The van der Waals surface area contributed by atoms with Gasteiger partial charge in [-0.3, -0.25) is 4.79 Å². The normalized spacial score (nSPS) is 11.5. The highest BCUT2D eigenvalue weighted by Gasteiger charge is 2.30. The maximum atomic E-state index is 13.0. The minimum atomic E-state index is -4.49. The van der Waals surface area contributed by atoms with Crippen molar-refractivity contribution in [2.45, 2.75) is 26.6 Å². The van der Waals surface area contributed by atoms with Crippen LogP contribution >= 0.6 is 0 Å². The lowest BCUT2D eigenvalue weighted by atomic mass is 10.2. The molecule has 3 aromatic heterocycles. The lowest BCUT2D eigenvalue weighted by Gasteiger charge is -2.08. The van der Waals surface area contributed by atoms with Crippen LogP contribution in [0, 0.1) is 13.8 Å². The van der Waals surface area contributed by atoms with Crippen molar-refractivity contribution < 1.29 is 22.7 Å². The first-order valence-electron chi connectivity index (χ1n) is 10.2. The molecule has 3 heterocycles. The van der Waals surface area contributed by atoms with E-state index in [9.17, 15) is 18.0 Å². The third kappa shape index (κ3) is 4.77. The third-order valence-corrected chi connectivity index (χ3v) is 5.04. The molecule has 0 bridgehead atoms. The van der Waals surface area contributed by atoms with E-state index in [-0.39, 0.29) is 23.7 Å². The standard InChI is InChI=1S/C23H21F3N6O2/c1-14-9-15(2)32(29-14)20-8-7-16(11-27-20)12-28-22(33)21-19(34-3)13-31(30-21)18-6-4-5-17(10-18)23(24,25)26/h4-11,13H,12H2,1-3H3,(H,28,33). The molecular formula is C23H21F3N6O2. The lowest BCUT2D eigenvalue weighted by molar-refractivity contribution is -0.137. The Bertz CT molecular complexity index is 1330. The molecule has 176 valence electrons. The van der Waals surface area contributed by atoms with Gasteiger partial charge in [0.1, 0.15) is 0 Å². The number of halogens is 3. The van der Waals surface area contributed by atoms with Crippen LogP contribution in [0.4, 0.5) is 13.2 Å². The first kappa shape index (κ1) is 23.0. The van der Waals surface area contributed by atoms with Gasteiger partial charge in [-0.05, 0) is 49.7 Å². The van der Waals surface area contributed by atoms with Crippen LogP contribution < -0.4 is 10.1 Å². The highest BCUT2D eigenvalue weighted by molar-refractivity contribution is 5.94. The van der Waals surface area contributed by atoms with Crippen LogP contribution in [0.2, 0.25) is 0 Å². The molecule has 0 saturated carbocycles. The second kappa shape index (κ2) is 9.00. The van der Waals surface area contributed by atoms with Gasteiger partial charge in [-0.15, -0.1) is 0 Å². The van der Waals surface area contributed by atoms with Gasteiger partial charge in [-0.1, -0.05) is 12.1 Å². The van der Waals surface area contributed by atoms with Crippen LogP contribution in [0.1, 0.15) is 33.0 Å². The fourth-order valence-electron chi connectivity index (χ4n) is 3.40. The number of hydrogen-bond donors (Lipinski definition) is 1. The predicted molar refractivity (Wildman–Crippen MR) is 117 cm³/mol. The van der Waals surface area contributed by atoms with Crippen molar-refractivity contribution in [2.75, 3.05) is 7.11 Å². The Hall–Kier alpha value is -4.15. The van der Waals surface area contributed by atoms with Crippen LogP contribution in [0.15, 0.2) is 54.9 Å². The molecule has 1 aromatic carbocycles. The summed E-state index contributed by atoms with van der Waals surface area (Å²) in [7, 11) is 1.35. The van der Waals surface area contributed by atoms with Crippen molar-refractivity contribution in [3.8, 4) is 17.3 Å². The van der Waals surface area contributed by atoms with Crippen LogP contribution in [-0.4, -0.2) is 37.6 Å². The van der Waals surface area contributed by atoms with E-state index in [0.29, 0.717) is 5.82 Å². The van der Waals surface area contributed by atoms with Gasteiger partial charge in [-0.25, -0.2) is 14.3 Å². The first-order valence-corrected chi connectivity index (χ1v) is 10.2. The molecule has 4 aromatic rings. The van der Waals surface area contributed by atoms with Crippen molar-refractivity contribution in [3.05, 3.63) is 83.1 Å². The van der Waals surface area contributed by atoms with Gasteiger partial charge in [0.25, 0.3) is 5.91 Å². The van der Waals surface area contributed by atoms with Crippen LogP contribution in [0.3, 0.4) is 0 Å². The summed E-state index contributed by atoms with van der Waals surface area (Å²) in [6.45, 7) is 4.00. The summed E-state index contributed by atoms with van der Waals surface area (Å²) >= 11 is 0. The van der Waals surface area contributed by atoms with E-state index in [1.807, 2.05) is 26.0 Å². The van der Waals surface area contributed by atoms with E-state index in [0.717, 1.165) is 29.1 Å². The highest BCUT2D eigenvalue weighted by Crippen LogP contribution is 2.30. The van der Waals surface area contributed by atoms with Crippen LogP contribution in [0.25, 0.3) is 11.5 Å². The lowest BCUT2D eigenvalue weighted by Crippen LogP contribution is -2.24. The SMILES string of the molecule is COc1cn(-c2cccc(C(F)(F)F)c2)nc1C(=O)NCc1ccc(-n2nc(C)cc2C)nc1. The number of carbonyl (C=O) groups is 1. The topological polar surface area (TPSA) is 86.9 Å². The minimum Gasteiger partial charge on any atom is -0.493 e. The summed E-state index contributed by atoms with van der Waals surface area (Å²) in [5, 5.41) is 11.3. The molecule has 1 N–H and O–H groups in total. The predicted octanol–water partition coefficient (Wildman–Crippen LogP) is 4.03. The van der Waals surface area contributed by atoms with E-state index in [1.54, 1.807) is 16.9 Å². The summed E-state index contributed by atoms with van der Waals surface area (Å²) in [5.74, 6) is 0.250. The number of aromatic nitrogens is 5. The van der Waals surface area contributed by atoms with Crippen molar-refractivity contribution in [3.63, 3.8) is 0 Å². The summed E-state index contributed by atoms with van der Waals surface area (Å²) in [6, 6.07) is 10.2. The summed E-state index contributed by atoms with van der Waals surface area (Å²) in [4.78, 5) is 17.1. The number of methoxy groups -OCH3 is 1. The second-order valence-electron chi connectivity index (χ2n) is 7.58. The molecule has 0 aliphatic heterocycles. The summed E-state index contributed by atoms with van der Waals surface area (Å²) < 4.78 is 47.2. The molecule has 34 heavy (non-hydrogen) atoms. The Balaban J connectivity index is 1.48. The van der Waals surface area contributed by atoms with Crippen molar-refractivity contribution in [1.82, 2.24) is 29.9 Å². The Kier molecular flexibility index (Phi) is 6.10. The van der Waals surface area contributed by atoms with Gasteiger partial charge in [0.2, 0.25) is 0 Å². The van der Waals surface area contributed by atoms with Gasteiger partial charge in [0.05, 0.1) is 30.3 Å². The fraction of sp³-hybridized carbons (Fsp3) is 0.217. The minimum absolute atomic E-state index is 0.0490. The number of pyridine rings is 1.